The van der Waals surface area contributed by atoms with Crippen LogP contribution in [0.4, 0.5) is 5.69 Å². The molecule has 0 aliphatic heterocycles. The third kappa shape index (κ3) is 2.36. The van der Waals surface area contributed by atoms with Crippen molar-refractivity contribution in [3.8, 4) is 0 Å². The first kappa shape index (κ1) is 13.3. The van der Waals surface area contributed by atoms with E-state index in [-0.39, 0.29) is 10.8 Å². The minimum Gasteiger partial charge on any atom is -0.256 e. The van der Waals surface area contributed by atoms with E-state index in [4.69, 9.17) is 4.99 Å². The maximum absolute atomic E-state index is 5.04. The zero-order valence-electron chi connectivity index (χ0n) is 12.6. The summed E-state index contributed by atoms with van der Waals surface area (Å²) in [5, 5.41) is 0. The van der Waals surface area contributed by atoms with Gasteiger partial charge in [0.05, 0.1) is 5.69 Å². The maximum atomic E-state index is 5.04. The summed E-state index contributed by atoms with van der Waals surface area (Å²) >= 11 is 0. The molecule has 0 amide bonds. The third-order valence-corrected chi connectivity index (χ3v) is 4.25. The van der Waals surface area contributed by atoms with Crippen molar-refractivity contribution >= 4 is 11.4 Å². The predicted molar refractivity (Wildman–Crippen MR) is 79.8 cm³/mol. The summed E-state index contributed by atoms with van der Waals surface area (Å²) in [6.45, 7) is 13.6. The van der Waals surface area contributed by atoms with Gasteiger partial charge in [-0.2, -0.15) is 0 Å². The van der Waals surface area contributed by atoms with Crippen LogP contribution < -0.4 is 0 Å². The van der Waals surface area contributed by atoms with Crippen molar-refractivity contribution in [2.45, 2.75) is 54.4 Å². The molecule has 0 spiro atoms. The summed E-state index contributed by atoms with van der Waals surface area (Å²) < 4.78 is 0. The average Bonchev–Trinajstić information content (AvgIpc) is 2.46. The van der Waals surface area contributed by atoms with Gasteiger partial charge in [-0.25, -0.2) is 0 Å². The standard InChI is InChI=1S/C17H25N/c1-12-7-8-13(2)14(11-12)18-15-16(3,4)9-10-17(15,5)6/h7-8,11H,9-10H2,1-6H3. The van der Waals surface area contributed by atoms with Crippen LogP contribution in [0.5, 0.6) is 0 Å². The molecule has 1 nitrogen and oxygen atoms in total. The molecule has 98 valence electrons. The molecule has 0 bridgehead atoms. The molecule has 0 saturated heterocycles. The van der Waals surface area contributed by atoms with Gasteiger partial charge in [0, 0.05) is 16.5 Å². The zero-order chi connectivity index (χ0) is 13.6. The van der Waals surface area contributed by atoms with Crippen molar-refractivity contribution in [3.05, 3.63) is 29.3 Å². The van der Waals surface area contributed by atoms with Gasteiger partial charge in [-0.15, -0.1) is 0 Å². The fourth-order valence-electron chi connectivity index (χ4n) is 3.04. The lowest BCUT2D eigenvalue weighted by Crippen LogP contribution is -2.27. The van der Waals surface area contributed by atoms with Gasteiger partial charge in [0.1, 0.15) is 0 Å². The number of hydrogen-bond donors (Lipinski definition) is 0. The number of nitrogens with zero attached hydrogens (tertiary/aromatic N) is 1. The summed E-state index contributed by atoms with van der Waals surface area (Å²) in [7, 11) is 0. The van der Waals surface area contributed by atoms with Gasteiger partial charge in [0.15, 0.2) is 0 Å². The zero-order valence-corrected chi connectivity index (χ0v) is 12.6. The highest BCUT2D eigenvalue weighted by molar-refractivity contribution is 5.98. The molecular weight excluding hydrogens is 218 g/mol. The fourth-order valence-corrected chi connectivity index (χ4v) is 3.04. The van der Waals surface area contributed by atoms with Gasteiger partial charge in [-0.05, 0) is 43.9 Å². The van der Waals surface area contributed by atoms with E-state index < -0.39 is 0 Å². The topological polar surface area (TPSA) is 12.4 Å². The van der Waals surface area contributed by atoms with Gasteiger partial charge >= 0.3 is 0 Å². The number of hydrogen-bond acceptors (Lipinski definition) is 1. The van der Waals surface area contributed by atoms with Crippen LogP contribution in [0.3, 0.4) is 0 Å². The number of aryl methyl sites for hydroxylation is 2. The molecule has 0 heterocycles. The Morgan fingerprint density at radius 2 is 1.50 bits per heavy atom. The summed E-state index contributed by atoms with van der Waals surface area (Å²) in [4.78, 5) is 5.04. The van der Waals surface area contributed by atoms with Crippen molar-refractivity contribution in [3.63, 3.8) is 0 Å². The molecule has 1 saturated carbocycles. The molecule has 0 unspecified atom stereocenters. The van der Waals surface area contributed by atoms with E-state index in [9.17, 15) is 0 Å². The summed E-state index contributed by atoms with van der Waals surface area (Å²) in [6, 6.07) is 6.53. The fraction of sp³-hybridized carbons (Fsp3) is 0.588. The SMILES string of the molecule is Cc1ccc(C)c(N=C2C(C)(C)CCC2(C)C)c1. The van der Waals surface area contributed by atoms with E-state index in [0.717, 1.165) is 5.69 Å². The molecule has 1 aliphatic carbocycles. The van der Waals surface area contributed by atoms with E-state index in [1.807, 2.05) is 0 Å². The Morgan fingerprint density at radius 3 is 2.06 bits per heavy atom. The van der Waals surface area contributed by atoms with E-state index in [2.05, 4.69) is 59.7 Å². The molecule has 1 heteroatoms. The Bertz CT molecular complexity index is 474. The van der Waals surface area contributed by atoms with Gasteiger partial charge in [0.2, 0.25) is 0 Å². The minimum atomic E-state index is 0.236. The first-order valence-corrected chi connectivity index (χ1v) is 6.89. The van der Waals surface area contributed by atoms with E-state index >= 15 is 0 Å². The second-order valence-corrected chi connectivity index (χ2v) is 7.02. The lowest BCUT2D eigenvalue weighted by Gasteiger charge is -2.26. The van der Waals surface area contributed by atoms with Crippen molar-refractivity contribution < 1.29 is 0 Å². The average molecular weight is 243 g/mol. The smallest absolute Gasteiger partial charge is 0.0661 e. The quantitative estimate of drug-likeness (QED) is 0.641. The number of aliphatic imine (C=N–C) groups is 1. The van der Waals surface area contributed by atoms with E-state index in [1.165, 1.54) is 29.7 Å². The molecule has 1 aromatic carbocycles. The molecule has 0 atom stereocenters. The van der Waals surface area contributed by atoms with Gasteiger partial charge < -0.3 is 0 Å². The van der Waals surface area contributed by atoms with Crippen LogP contribution in [-0.2, 0) is 0 Å². The minimum absolute atomic E-state index is 0.236. The lowest BCUT2D eigenvalue weighted by atomic mass is 9.81. The number of rotatable bonds is 1. The van der Waals surface area contributed by atoms with Crippen LogP contribution in [0.25, 0.3) is 0 Å². The molecule has 1 fully saturated rings. The normalized spacial score (nSPS) is 21.1. The molecule has 1 aliphatic rings. The Balaban J connectivity index is 2.52. The van der Waals surface area contributed by atoms with Crippen LogP contribution in [0.15, 0.2) is 23.2 Å². The Labute approximate surface area is 111 Å². The maximum Gasteiger partial charge on any atom is 0.0661 e. The van der Waals surface area contributed by atoms with Crippen molar-refractivity contribution in [1.82, 2.24) is 0 Å². The molecule has 0 aromatic heterocycles. The third-order valence-electron chi connectivity index (χ3n) is 4.25. The van der Waals surface area contributed by atoms with Crippen LogP contribution in [0.1, 0.15) is 51.7 Å². The molecular formula is C17H25N. The molecule has 18 heavy (non-hydrogen) atoms. The Kier molecular flexibility index (Phi) is 3.12. The Hall–Kier alpha value is -1.11. The first-order chi connectivity index (χ1) is 8.22. The van der Waals surface area contributed by atoms with Crippen molar-refractivity contribution in [2.75, 3.05) is 0 Å². The lowest BCUT2D eigenvalue weighted by molar-refractivity contribution is 0.476. The highest BCUT2D eigenvalue weighted by Crippen LogP contribution is 2.47. The molecule has 2 rings (SSSR count). The molecule has 1 aromatic rings. The van der Waals surface area contributed by atoms with Gasteiger partial charge in [-0.1, -0.05) is 39.8 Å². The van der Waals surface area contributed by atoms with Gasteiger partial charge in [0.25, 0.3) is 0 Å². The van der Waals surface area contributed by atoms with Crippen molar-refractivity contribution in [2.24, 2.45) is 15.8 Å². The second kappa shape index (κ2) is 4.22. The van der Waals surface area contributed by atoms with Crippen molar-refractivity contribution in [1.29, 1.82) is 0 Å². The predicted octanol–water partition coefficient (Wildman–Crippen LogP) is 5.22. The van der Waals surface area contributed by atoms with E-state index in [0.29, 0.717) is 0 Å². The monoisotopic (exact) mass is 243 g/mol. The van der Waals surface area contributed by atoms with E-state index in [1.54, 1.807) is 0 Å². The van der Waals surface area contributed by atoms with Crippen LogP contribution in [0.2, 0.25) is 0 Å². The summed E-state index contributed by atoms with van der Waals surface area (Å²) in [6.07, 6.45) is 2.48. The largest absolute Gasteiger partial charge is 0.256 e. The molecule has 0 N–H and O–H groups in total. The Morgan fingerprint density at radius 1 is 0.944 bits per heavy atom. The second-order valence-electron chi connectivity index (χ2n) is 7.02. The number of benzene rings is 1. The highest BCUT2D eigenvalue weighted by atomic mass is 14.8. The van der Waals surface area contributed by atoms with Crippen LogP contribution in [0, 0.1) is 24.7 Å². The first-order valence-electron chi connectivity index (χ1n) is 6.89. The summed E-state index contributed by atoms with van der Waals surface area (Å²) in [5.74, 6) is 0. The van der Waals surface area contributed by atoms with Crippen LogP contribution in [-0.4, -0.2) is 5.71 Å². The molecule has 0 radical (unpaired) electrons. The van der Waals surface area contributed by atoms with Gasteiger partial charge in [-0.3, -0.25) is 4.99 Å². The highest BCUT2D eigenvalue weighted by Gasteiger charge is 2.43. The summed E-state index contributed by atoms with van der Waals surface area (Å²) in [5.41, 5.74) is 5.54. The van der Waals surface area contributed by atoms with Crippen LogP contribution >= 0.6 is 0 Å².